The van der Waals surface area contributed by atoms with E-state index in [-0.39, 0.29) is 31.2 Å². The molecule has 0 saturated carbocycles. The molecule has 8 nitrogen and oxygen atoms in total. The van der Waals surface area contributed by atoms with E-state index in [9.17, 15) is 19.2 Å². The van der Waals surface area contributed by atoms with Gasteiger partial charge in [0, 0.05) is 12.8 Å². The Morgan fingerprint density at radius 3 is 2.69 bits per heavy atom. The zero-order chi connectivity index (χ0) is 19.1. The molecule has 0 saturated heterocycles. The average Bonchev–Trinajstić information content (AvgIpc) is 2.62. The number of rotatable bonds is 8. The number of carbonyl (C=O) groups is 4. The third-order valence-electron chi connectivity index (χ3n) is 4.12. The van der Waals surface area contributed by atoms with Gasteiger partial charge in [-0.2, -0.15) is 0 Å². The number of hydrogen-bond acceptors (Lipinski definition) is 4. The Hall–Kier alpha value is -2.90. The Morgan fingerprint density at radius 2 is 2.00 bits per heavy atom. The van der Waals surface area contributed by atoms with Gasteiger partial charge in [0.15, 0.2) is 0 Å². The second-order valence-corrected chi connectivity index (χ2v) is 6.15. The van der Waals surface area contributed by atoms with Gasteiger partial charge in [0.2, 0.25) is 17.7 Å². The average molecular weight is 361 g/mol. The molecule has 3 N–H and O–H groups in total. The van der Waals surface area contributed by atoms with Crippen molar-refractivity contribution in [3.05, 3.63) is 24.3 Å². The van der Waals surface area contributed by atoms with Crippen molar-refractivity contribution in [3.8, 4) is 0 Å². The topological polar surface area (TPSA) is 116 Å². The predicted octanol–water partition coefficient (Wildman–Crippen LogP) is 1.51. The molecule has 140 valence electrons. The zero-order valence-electron chi connectivity index (χ0n) is 14.7. The number of carboxylic acids is 1. The van der Waals surface area contributed by atoms with E-state index in [1.165, 1.54) is 4.90 Å². The minimum absolute atomic E-state index is 0.104. The number of hydrogen-bond donors (Lipinski definition) is 3. The lowest BCUT2D eigenvalue weighted by Gasteiger charge is -2.29. The molecule has 1 aromatic rings. The van der Waals surface area contributed by atoms with Crippen molar-refractivity contribution in [2.75, 3.05) is 16.8 Å². The highest BCUT2D eigenvalue weighted by molar-refractivity contribution is 6.10. The number of nitrogens with zero attached hydrogens (tertiary/aromatic N) is 1. The van der Waals surface area contributed by atoms with Crippen LogP contribution in [0.1, 0.15) is 39.0 Å². The summed E-state index contributed by atoms with van der Waals surface area (Å²) in [6.07, 6.45) is 1.64. The number of benzene rings is 1. The SMILES string of the molecule is CCCC[C@H](NC(=O)CCC(=O)N1CC(=O)Nc2ccccc21)C(=O)O. The van der Waals surface area contributed by atoms with Crippen molar-refractivity contribution in [1.29, 1.82) is 0 Å². The quantitative estimate of drug-likeness (QED) is 0.649. The van der Waals surface area contributed by atoms with Crippen LogP contribution in [0.4, 0.5) is 11.4 Å². The van der Waals surface area contributed by atoms with Gasteiger partial charge in [-0.25, -0.2) is 4.79 Å². The van der Waals surface area contributed by atoms with Gasteiger partial charge in [-0.1, -0.05) is 31.9 Å². The van der Waals surface area contributed by atoms with Gasteiger partial charge >= 0.3 is 5.97 Å². The summed E-state index contributed by atoms with van der Waals surface area (Å²) in [7, 11) is 0. The Morgan fingerprint density at radius 1 is 1.27 bits per heavy atom. The molecule has 0 bridgehead atoms. The molecule has 8 heteroatoms. The molecule has 1 aliphatic heterocycles. The van der Waals surface area contributed by atoms with E-state index in [0.717, 1.165) is 6.42 Å². The van der Waals surface area contributed by atoms with Crippen LogP contribution in [0, 0.1) is 0 Å². The van der Waals surface area contributed by atoms with Crippen LogP contribution in [0.3, 0.4) is 0 Å². The standard InChI is InChI=1S/C18H23N3O5/c1-2-3-6-13(18(25)26)20-15(22)9-10-17(24)21-11-16(23)19-12-7-4-5-8-14(12)21/h4-5,7-8,13H,2-3,6,9-11H2,1H3,(H,19,23)(H,20,22)(H,25,26)/t13-/m0/s1. The number of carboxylic acid groups (broad SMARTS) is 1. The number of anilines is 2. The second kappa shape index (κ2) is 8.98. The van der Waals surface area contributed by atoms with E-state index < -0.39 is 17.9 Å². The van der Waals surface area contributed by atoms with Crippen LogP contribution in [0.2, 0.25) is 0 Å². The molecule has 0 spiro atoms. The van der Waals surface area contributed by atoms with E-state index in [1.807, 2.05) is 6.92 Å². The van der Waals surface area contributed by atoms with Gasteiger partial charge in [0.05, 0.1) is 11.4 Å². The highest BCUT2D eigenvalue weighted by Gasteiger charge is 2.27. The first-order valence-electron chi connectivity index (χ1n) is 8.63. The van der Waals surface area contributed by atoms with Gasteiger partial charge in [0.25, 0.3) is 0 Å². The molecule has 3 amide bonds. The van der Waals surface area contributed by atoms with Crippen molar-refractivity contribution in [1.82, 2.24) is 5.32 Å². The minimum Gasteiger partial charge on any atom is -0.480 e. The van der Waals surface area contributed by atoms with Crippen molar-refractivity contribution in [2.45, 2.75) is 45.1 Å². The molecule has 26 heavy (non-hydrogen) atoms. The molecule has 0 aromatic heterocycles. The first-order valence-corrected chi connectivity index (χ1v) is 8.63. The number of para-hydroxylation sites is 2. The Balaban J connectivity index is 1.93. The van der Waals surface area contributed by atoms with Crippen LogP contribution in [0.5, 0.6) is 0 Å². The van der Waals surface area contributed by atoms with Crippen molar-refractivity contribution >= 4 is 35.1 Å². The smallest absolute Gasteiger partial charge is 0.326 e. The number of aliphatic carboxylic acids is 1. The lowest BCUT2D eigenvalue weighted by atomic mass is 10.1. The molecule has 2 rings (SSSR count). The molecule has 0 unspecified atom stereocenters. The minimum atomic E-state index is -1.08. The lowest BCUT2D eigenvalue weighted by Crippen LogP contribution is -2.43. The van der Waals surface area contributed by atoms with Gasteiger partial charge < -0.3 is 20.6 Å². The predicted molar refractivity (Wildman–Crippen MR) is 95.8 cm³/mol. The molecular formula is C18H23N3O5. The van der Waals surface area contributed by atoms with E-state index >= 15 is 0 Å². The highest BCUT2D eigenvalue weighted by Crippen LogP contribution is 2.29. The summed E-state index contributed by atoms with van der Waals surface area (Å²) in [5.41, 5.74) is 1.14. The van der Waals surface area contributed by atoms with Crippen LogP contribution >= 0.6 is 0 Å². The first-order chi connectivity index (χ1) is 12.4. The number of amides is 3. The van der Waals surface area contributed by atoms with Crippen molar-refractivity contribution in [2.24, 2.45) is 0 Å². The van der Waals surface area contributed by atoms with E-state index in [0.29, 0.717) is 24.2 Å². The Bertz CT molecular complexity index is 704. The van der Waals surface area contributed by atoms with Crippen LogP contribution < -0.4 is 15.5 Å². The van der Waals surface area contributed by atoms with E-state index in [2.05, 4.69) is 10.6 Å². The maximum absolute atomic E-state index is 12.5. The molecule has 1 aromatic carbocycles. The summed E-state index contributed by atoms with van der Waals surface area (Å²) < 4.78 is 0. The summed E-state index contributed by atoms with van der Waals surface area (Å²) in [4.78, 5) is 48.7. The molecule has 1 atom stereocenters. The number of fused-ring (bicyclic) bond motifs is 1. The molecule has 1 heterocycles. The monoisotopic (exact) mass is 361 g/mol. The van der Waals surface area contributed by atoms with Gasteiger partial charge in [-0.3, -0.25) is 14.4 Å². The second-order valence-electron chi connectivity index (χ2n) is 6.15. The first kappa shape index (κ1) is 19.4. The highest BCUT2D eigenvalue weighted by atomic mass is 16.4. The van der Waals surface area contributed by atoms with E-state index in [4.69, 9.17) is 5.11 Å². The molecular weight excluding hydrogens is 338 g/mol. The number of unbranched alkanes of at least 4 members (excludes halogenated alkanes) is 1. The lowest BCUT2D eigenvalue weighted by molar-refractivity contribution is -0.142. The molecule has 0 fully saturated rings. The number of nitrogens with one attached hydrogen (secondary N) is 2. The summed E-state index contributed by atoms with van der Waals surface area (Å²) in [6, 6.07) is 5.99. The maximum atomic E-state index is 12.5. The summed E-state index contributed by atoms with van der Waals surface area (Å²) in [5, 5.41) is 14.3. The summed E-state index contributed by atoms with van der Waals surface area (Å²) in [5.74, 6) is -2.23. The Kier molecular flexibility index (Phi) is 6.71. The maximum Gasteiger partial charge on any atom is 0.326 e. The zero-order valence-corrected chi connectivity index (χ0v) is 14.7. The van der Waals surface area contributed by atoms with Crippen molar-refractivity contribution in [3.63, 3.8) is 0 Å². The van der Waals surface area contributed by atoms with Crippen molar-refractivity contribution < 1.29 is 24.3 Å². The molecule has 1 aliphatic rings. The number of carbonyl (C=O) groups excluding carboxylic acids is 3. The van der Waals surface area contributed by atoms with Crippen LogP contribution in [-0.2, 0) is 19.2 Å². The largest absolute Gasteiger partial charge is 0.480 e. The fourth-order valence-electron chi connectivity index (χ4n) is 2.74. The molecule has 0 radical (unpaired) electrons. The van der Waals surface area contributed by atoms with Crippen LogP contribution in [0.15, 0.2) is 24.3 Å². The summed E-state index contributed by atoms with van der Waals surface area (Å²) >= 11 is 0. The third kappa shape index (κ3) is 5.05. The van der Waals surface area contributed by atoms with Gasteiger partial charge in [-0.05, 0) is 18.6 Å². The third-order valence-corrected chi connectivity index (χ3v) is 4.12. The fraction of sp³-hybridized carbons (Fsp3) is 0.444. The van der Waals surface area contributed by atoms with E-state index in [1.54, 1.807) is 24.3 Å². The van der Waals surface area contributed by atoms with Crippen LogP contribution in [-0.4, -0.2) is 41.4 Å². The van der Waals surface area contributed by atoms with Gasteiger partial charge in [0.1, 0.15) is 12.6 Å². The molecule has 0 aliphatic carbocycles. The normalized spacial score (nSPS) is 14.2. The fourth-order valence-corrected chi connectivity index (χ4v) is 2.74. The summed E-state index contributed by atoms with van der Waals surface area (Å²) in [6.45, 7) is 1.83. The van der Waals surface area contributed by atoms with Crippen LogP contribution in [0.25, 0.3) is 0 Å². The van der Waals surface area contributed by atoms with Gasteiger partial charge in [-0.15, -0.1) is 0 Å². The Labute approximate surface area is 151 Å².